The molecule has 11 heteroatoms. The van der Waals surface area contributed by atoms with Crippen LogP contribution in [0.25, 0.3) is 0 Å². The predicted molar refractivity (Wildman–Crippen MR) is 135 cm³/mol. The minimum Gasteiger partial charge on any atom is -0.477 e. The zero-order valence-corrected chi connectivity index (χ0v) is 21.5. The topological polar surface area (TPSA) is 130 Å². The Labute approximate surface area is 225 Å². The lowest BCUT2D eigenvalue weighted by atomic mass is 9.49. The monoisotopic (exact) mass is 541 g/mol. The number of hydrogen-bond acceptors (Lipinski definition) is 10. The van der Waals surface area contributed by atoms with Crippen LogP contribution in [-0.4, -0.2) is 78.6 Å². The van der Waals surface area contributed by atoms with Gasteiger partial charge in [-0.05, 0) is 30.9 Å². The SMILES string of the molecule is C=CCOC(=O)Oc1ccc2c3c1O[C@H]1C(=O)CCC4(OC(O)OCC=C)[C@@H](C2)N(C(=O)OCC=C)CC[C@]314. The van der Waals surface area contributed by atoms with Crippen LogP contribution in [0.1, 0.15) is 30.4 Å². The minimum absolute atomic E-state index is 0.0194. The highest BCUT2D eigenvalue weighted by Gasteiger charge is 2.75. The van der Waals surface area contributed by atoms with Crippen LogP contribution < -0.4 is 9.47 Å². The summed E-state index contributed by atoms with van der Waals surface area (Å²) in [7, 11) is 0. The number of rotatable bonds is 10. The van der Waals surface area contributed by atoms with Crippen molar-refractivity contribution >= 4 is 18.0 Å². The lowest BCUT2D eigenvalue weighted by molar-refractivity contribution is -0.343. The summed E-state index contributed by atoms with van der Waals surface area (Å²) in [6.07, 6.45) is 2.72. The van der Waals surface area contributed by atoms with Crippen molar-refractivity contribution in [1.29, 1.82) is 0 Å². The molecule has 4 aliphatic rings. The number of ketones is 1. The minimum atomic E-state index is -1.67. The van der Waals surface area contributed by atoms with E-state index in [4.69, 9.17) is 28.4 Å². The molecular weight excluding hydrogens is 510 g/mol. The van der Waals surface area contributed by atoms with E-state index >= 15 is 0 Å². The fraction of sp³-hybridized carbons (Fsp3) is 0.464. The number of aliphatic hydroxyl groups is 1. The largest absolute Gasteiger partial charge is 0.514 e. The van der Waals surface area contributed by atoms with Crippen LogP contribution in [0.2, 0.25) is 0 Å². The number of aliphatic hydroxyl groups excluding tert-OH is 1. The summed E-state index contributed by atoms with van der Waals surface area (Å²) in [4.78, 5) is 40.4. The number of hydrogen-bond donors (Lipinski definition) is 1. The summed E-state index contributed by atoms with van der Waals surface area (Å²) in [5.41, 5.74) is -0.895. The van der Waals surface area contributed by atoms with E-state index in [-0.39, 0.29) is 62.9 Å². The molecule has 208 valence electrons. The van der Waals surface area contributed by atoms with Gasteiger partial charge in [0.25, 0.3) is 6.48 Å². The maximum atomic E-state index is 13.4. The zero-order chi connectivity index (χ0) is 27.8. The zero-order valence-electron chi connectivity index (χ0n) is 21.5. The number of piperidine rings is 1. The molecule has 1 spiro atoms. The molecule has 2 unspecified atom stereocenters. The van der Waals surface area contributed by atoms with Crippen molar-refractivity contribution < 1.29 is 47.9 Å². The van der Waals surface area contributed by atoms with Gasteiger partial charge in [-0.2, -0.15) is 0 Å². The van der Waals surface area contributed by atoms with Gasteiger partial charge >= 0.3 is 12.2 Å². The standard InChI is InChI=1S/C28H31NO10/c1-4-13-34-24(31)29-12-11-27-21-17-7-8-19(37-25(32)35-14-5-2)22(21)38-23(27)18(30)9-10-28(27,20(29)16-17)39-26(33)36-15-6-3/h4-8,20,23,26,33H,1-3,9-16H2/t20-,23+,26?,27+,28?/m1/s1. The van der Waals surface area contributed by atoms with E-state index in [9.17, 15) is 19.5 Å². The third kappa shape index (κ3) is 4.12. The highest BCUT2D eigenvalue weighted by Crippen LogP contribution is 2.66. The fourth-order valence-electron chi connectivity index (χ4n) is 6.65. The van der Waals surface area contributed by atoms with Gasteiger partial charge in [-0.3, -0.25) is 4.79 Å². The Balaban J connectivity index is 1.64. The summed E-state index contributed by atoms with van der Waals surface area (Å²) >= 11 is 0. The molecule has 11 nitrogen and oxygen atoms in total. The maximum absolute atomic E-state index is 13.4. The van der Waals surface area contributed by atoms with Crippen molar-refractivity contribution in [2.24, 2.45) is 0 Å². The van der Waals surface area contributed by atoms with Crippen LogP contribution in [-0.2, 0) is 35.6 Å². The average molecular weight is 542 g/mol. The normalized spacial score (nSPS) is 28.4. The first-order valence-electron chi connectivity index (χ1n) is 12.8. The molecule has 1 N–H and O–H groups in total. The molecule has 1 saturated carbocycles. The molecule has 0 radical (unpaired) electrons. The van der Waals surface area contributed by atoms with Gasteiger partial charge in [0.1, 0.15) is 18.8 Å². The Morgan fingerprint density at radius 2 is 1.87 bits per heavy atom. The molecule has 5 rings (SSSR count). The summed E-state index contributed by atoms with van der Waals surface area (Å²) in [5, 5.41) is 10.8. The number of carbonyl (C=O) groups excluding carboxylic acids is 3. The molecule has 2 heterocycles. The van der Waals surface area contributed by atoms with Gasteiger partial charge in [-0.15, -0.1) is 6.58 Å². The summed E-state index contributed by atoms with van der Waals surface area (Å²) < 4.78 is 33.9. The van der Waals surface area contributed by atoms with Crippen LogP contribution in [0.3, 0.4) is 0 Å². The molecule has 5 atom stereocenters. The lowest BCUT2D eigenvalue weighted by Crippen LogP contribution is -2.78. The first kappa shape index (κ1) is 26.9. The van der Waals surface area contributed by atoms with Crippen molar-refractivity contribution in [3.05, 3.63) is 61.2 Å². The Hall–Kier alpha value is -3.67. The molecule has 0 aromatic heterocycles. The van der Waals surface area contributed by atoms with E-state index < -0.39 is 41.9 Å². The van der Waals surface area contributed by atoms with E-state index in [2.05, 4.69) is 19.7 Å². The van der Waals surface area contributed by atoms with E-state index in [1.807, 2.05) is 0 Å². The lowest BCUT2D eigenvalue weighted by Gasteiger charge is -2.63. The number of amides is 1. The van der Waals surface area contributed by atoms with E-state index in [0.29, 0.717) is 12.0 Å². The summed E-state index contributed by atoms with van der Waals surface area (Å²) in [6, 6.07) is 2.74. The Bertz CT molecular complexity index is 1210. The van der Waals surface area contributed by atoms with E-state index in [1.165, 1.54) is 18.2 Å². The number of Topliss-reactive ketones (excluding diaryl/α,β-unsaturated/α-hetero) is 1. The second kappa shape index (κ2) is 10.5. The molecule has 1 aromatic carbocycles. The van der Waals surface area contributed by atoms with Gasteiger partial charge in [0.05, 0.1) is 18.1 Å². The van der Waals surface area contributed by atoms with E-state index in [1.54, 1.807) is 17.0 Å². The Morgan fingerprint density at radius 1 is 1.13 bits per heavy atom. The van der Waals surface area contributed by atoms with Crippen LogP contribution in [0.5, 0.6) is 11.5 Å². The number of ether oxygens (including phenoxy) is 6. The molecule has 2 bridgehead atoms. The molecule has 1 aromatic rings. The van der Waals surface area contributed by atoms with Crippen molar-refractivity contribution in [1.82, 2.24) is 4.90 Å². The van der Waals surface area contributed by atoms with Gasteiger partial charge in [0.15, 0.2) is 23.4 Å². The first-order valence-corrected chi connectivity index (χ1v) is 12.8. The van der Waals surface area contributed by atoms with Crippen molar-refractivity contribution in [2.45, 2.75) is 55.3 Å². The smallest absolute Gasteiger partial charge is 0.477 e. The van der Waals surface area contributed by atoms with Crippen LogP contribution in [0.15, 0.2) is 50.1 Å². The van der Waals surface area contributed by atoms with Crippen LogP contribution in [0, 0.1) is 0 Å². The summed E-state index contributed by atoms with van der Waals surface area (Å²) in [5.74, 6) is 0.198. The second-order valence-corrected chi connectivity index (χ2v) is 9.78. The molecule has 39 heavy (non-hydrogen) atoms. The molecule has 2 fully saturated rings. The predicted octanol–water partition coefficient (Wildman–Crippen LogP) is 2.94. The number of benzene rings is 1. The Kier molecular flexibility index (Phi) is 7.23. The molecule has 1 amide bonds. The van der Waals surface area contributed by atoms with Gasteiger partial charge in [0.2, 0.25) is 0 Å². The van der Waals surface area contributed by atoms with E-state index in [0.717, 1.165) is 5.56 Å². The molecule has 1 saturated heterocycles. The number of nitrogens with zero attached hydrogens (tertiary/aromatic N) is 1. The van der Waals surface area contributed by atoms with Gasteiger partial charge in [0, 0.05) is 18.5 Å². The third-order valence-corrected chi connectivity index (χ3v) is 7.94. The van der Waals surface area contributed by atoms with Crippen molar-refractivity contribution in [3.8, 4) is 11.5 Å². The quantitative estimate of drug-likeness (QED) is 0.204. The molecule has 2 aliphatic carbocycles. The van der Waals surface area contributed by atoms with Crippen LogP contribution >= 0.6 is 0 Å². The van der Waals surface area contributed by atoms with Crippen LogP contribution in [0.4, 0.5) is 9.59 Å². The average Bonchev–Trinajstić information content (AvgIpc) is 3.28. The highest BCUT2D eigenvalue weighted by molar-refractivity contribution is 5.90. The van der Waals surface area contributed by atoms with Crippen molar-refractivity contribution in [2.75, 3.05) is 26.4 Å². The van der Waals surface area contributed by atoms with Crippen molar-refractivity contribution in [3.63, 3.8) is 0 Å². The van der Waals surface area contributed by atoms with Gasteiger partial charge in [-0.1, -0.05) is 37.5 Å². The summed E-state index contributed by atoms with van der Waals surface area (Å²) in [6.45, 7) is 9.30. The number of carbonyl (C=O) groups is 3. The van der Waals surface area contributed by atoms with Gasteiger partial charge in [-0.25, -0.2) is 9.59 Å². The fourth-order valence-corrected chi connectivity index (χ4v) is 6.65. The third-order valence-electron chi connectivity index (χ3n) is 7.94. The molecule has 2 aliphatic heterocycles. The second-order valence-electron chi connectivity index (χ2n) is 9.78. The van der Waals surface area contributed by atoms with Gasteiger partial charge < -0.3 is 38.4 Å². The molecular formula is C28H31NO10. The Morgan fingerprint density at radius 3 is 2.62 bits per heavy atom. The first-order chi connectivity index (χ1) is 18.8. The highest BCUT2D eigenvalue weighted by atomic mass is 16.8. The maximum Gasteiger partial charge on any atom is 0.514 e. The number of likely N-dealkylation sites (tertiary alicyclic amines) is 1.